The minimum atomic E-state index is -0.469. The van der Waals surface area contributed by atoms with Gasteiger partial charge < -0.3 is 13.9 Å². The Balaban J connectivity index is 1.93. The molecule has 0 aliphatic rings. The summed E-state index contributed by atoms with van der Waals surface area (Å²) in [6.45, 7) is 4.90. The van der Waals surface area contributed by atoms with Crippen molar-refractivity contribution < 1.29 is 13.6 Å². The molecule has 6 heteroatoms. The third kappa shape index (κ3) is 3.20. The number of hydrogen-bond acceptors (Lipinski definition) is 3. The number of amides is 1. The van der Waals surface area contributed by atoms with Crippen molar-refractivity contribution in [1.82, 2.24) is 4.57 Å². The fraction of sp³-hybridized carbons (Fsp3) is 0.217. The fourth-order valence-corrected chi connectivity index (χ4v) is 3.74. The van der Waals surface area contributed by atoms with Crippen LogP contribution >= 0.6 is 0 Å². The van der Waals surface area contributed by atoms with E-state index in [0.29, 0.717) is 41.0 Å². The normalized spacial score (nSPS) is 11.3. The van der Waals surface area contributed by atoms with Crippen molar-refractivity contribution in [2.45, 2.75) is 26.8 Å². The SMILES string of the molecule is CCCN(C(=O)c1cc2c(=O)oc3ccccc3c2n1CC)c1ccc(F)cc1. The van der Waals surface area contributed by atoms with Gasteiger partial charge >= 0.3 is 5.63 Å². The molecule has 0 unspecified atom stereocenters. The zero-order chi connectivity index (χ0) is 20.5. The maximum absolute atomic E-state index is 13.5. The smallest absolute Gasteiger partial charge is 0.345 e. The van der Waals surface area contributed by atoms with E-state index >= 15 is 0 Å². The minimum absolute atomic E-state index is 0.236. The van der Waals surface area contributed by atoms with Crippen LogP contribution in [-0.4, -0.2) is 17.0 Å². The van der Waals surface area contributed by atoms with E-state index in [0.717, 1.165) is 11.8 Å². The molecule has 0 N–H and O–H groups in total. The van der Waals surface area contributed by atoms with E-state index in [1.54, 1.807) is 35.2 Å². The van der Waals surface area contributed by atoms with Gasteiger partial charge in [-0.15, -0.1) is 0 Å². The summed E-state index contributed by atoms with van der Waals surface area (Å²) in [7, 11) is 0. The predicted molar refractivity (Wildman–Crippen MR) is 112 cm³/mol. The molecule has 1 amide bonds. The molecule has 0 saturated carbocycles. The van der Waals surface area contributed by atoms with Crippen molar-refractivity contribution in [3.05, 3.63) is 76.5 Å². The van der Waals surface area contributed by atoms with Gasteiger partial charge in [0.05, 0.1) is 10.9 Å². The average Bonchev–Trinajstić information content (AvgIpc) is 3.13. The van der Waals surface area contributed by atoms with Crippen LogP contribution in [0, 0.1) is 5.82 Å². The molecule has 2 aromatic carbocycles. The zero-order valence-electron chi connectivity index (χ0n) is 16.3. The van der Waals surface area contributed by atoms with Crippen LogP contribution in [0.3, 0.4) is 0 Å². The van der Waals surface area contributed by atoms with Gasteiger partial charge in [0.15, 0.2) is 0 Å². The van der Waals surface area contributed by atoms with Crippen molar-refractivity contribution in [3.63, 3.8) is 0 Å². The van der Waals surface area contributed by atoms with Crippen LogP contribution < -0.4 is 10.5 Å². The Morgan fingerprint density at radius 1 is 1.07 bits per heavy atom. The third-order valence-corrected chi connectivity index (χ3v) is 5.03. The summed E-state index contributed by atoms with van der Waals surface area (Å²) < 4.78 is 20.6. The van der Waals surface area contributed by atoms with Gasteiger partial charge in [-0.1, -0.05) is 19.1 Å². The number of para-hydroxylation sites is 1. The van der Waals surface area contributed by atoms with Gasteiger partial charge in [0.1, 0.15) is 17.1 Å². The molecular formula is C23H21FN2O3. The number of carbonyl (C=O) groups is 1. The number of rotatable bonds is 5. The lowest BCUT2D eigenvalue weighted by Crippen LogP contribution is -2.33. The third-order valence-electron chi connectivity index (χ3n) is 5.03. The van der Waals surface area contributed by atoms with Crippen LogP contribution in [-0.2, 0) is 6.54 Å². The van der Waals surface area contributed by atoms with E-state index in [9.17, 15) is 14.0 Å². The second-order valence-electron chi connectivity index (χ2n) is 6.86. The van der Waals surface area contributed by atoms with Crippen LogP contribution in [0.5, 0.6) is 0 Å². The van der Waals surface area contributed by atoms with Crippen LogP contribution in [0.2, 0.25) is 0 Å². The topological polar surface area (TPSA) is 55.5 Å². The highest BCUT2D eigenvalue weighted by Crippen LogP contribution is 2.28. The van der Waals surface area contributed by atoms with Gasteiger partial charge in [0, 0.05) is 24.2 Å². The van der Waals surface area contributed by atoms with E-state index in [4.69, 9.17) is 4.42 Å². The standard InChI is InChI=1S/C23H21FN2O3/c1-3-13-26(16-11-9-15(24)10-12-16)22(27)19-14-18-21(25(19)4-2)17-7-5-6-8-20(17)29-23(18)28/h5-12,14H,3-4,13H2,1-2H3. The summed E-state index contributed by atoms with van der Waals surface area (Å²) >= 11 is 0. The first-order valence-corrected chi connectivity index (χ1v) is 9.67. The largest absolute Gasteiger partial charge is 0.422 e. The summed E-state index contributed by atoms with van der Waals surface area (Å²) in [4.78, 5) is 27.7. The summed E-state index contributed by atoms with van der Waals surface area (Å²) in [5.41, 5.74) is 1.73. The molecule has 5 nitrogen and oxygen atoms in total. The number of benzene rings is 2. The van der Waals surface area contributed by atoms with E-state index in [1.807, 2.05) is 30.5 Å². The summed E-state index contributed by atoms with van der Waals surface area (Å²) in [6.07, 6.45) is 0.737. The van der Waals surface area contributed by atoms with Crippen molar-refractivity contribution in [2.24, 2.45) is 0 Å². The molecule has 0 aliphatic carbocycles. The number of anilines is 1. The fourth-order valence-electron chi connectivity index (χ4n) is 3.74. The van der Waals surface area contributed by atoms with E-state index in [-0.39, 0.29) is 11.7 Å². The maximum Gasteiger partial charge on any atom is 0.345 e. The lowest BCUT2D eigenvalue weighted by atomic mass is 10.2. The lowest BCUT2D eigenvalue weighted by Gasteiger charge is -2.23. The first-order chi connectivity index (χ1) is 14.0. The van der Waals surface area contributed by atoms with Gasteiger partial charge in [-0.05, 0) is 55.8 Å². The number of aromatic nitrogens is 1. The quantitative estimate of drug-likeness (QED) is 0.451. The Morgan fingerprint density at radius 2 is 1.79 bits per heavy atom. The number of fused-ring (bicyclic) bond motifs is 3. The molecule has 0 fully saturated rings. The van der Waals surface area contributed by atoms with Gasteiger partial charge in [0.25, 0.3) is 5.91 Å². The molecule has 4 aromatic rings. The van der Waals surface area contributed by atoms with Crippen molar-refractivity contribution in [2.75, 3.05) is 11.4 Å². The first-order valence-electron chi connectivity index (χ1n) is 9.67. The van der Waals surface area contributed by atoms with Gasteiger partial charge in [-0.2, -0.15) is 0 Å². The predicted octanol–water partition coefficient (Wildman–Crippen LogP) is 4.96. The molecule has 148 valence electrons. The second-order valence-corrected chi connectivity index (χ2v) is 6.86. The Labute approximate surface area is 167 Å². The van der Waals surface area contributed by atoms with Crippen LogP contribution in [0.1, 0.15) is 30.8 Å². The Kier molecular flexibility index (Phi) is 4.92. The Bertz CT molecular complexity index is 1260. The summed E-state index contributed by atoms with van der Waals surface area (Å²) in [5.74, 6) is -0.593. The van der Waals surface area contributed by atoms with E-state index in [2.05, 4.69) is 0 Å². The molecule has 0 saturated heterocycles. The number of nitrogens with zero attached hydrogens (tertiary/aromatic N) is 2. The number of halogens is 1. The van der Waals surface area contributed by atoms with Crippen LogP contribution in [0.4, 0.5) is 10.1 Å². The molecule has 0 bridgehead atoms. The number of carbonyl (C=O) groups excluding carboxylic acids is 1. The molecule has 4 rings (SSSR count). The van der Waals surface area contributed by atoms with Gasteiger partial charge in [-0.25, -0.2) is 9.18 Å². The van der Waals surface area contributed by atoms with Crippen molar-refractivity contribution in [1.29, 1.82) is 0 Å². The molecule has 0 atom stereocenters. The monoisotopic (exact) mass is 392 g/mol. The molecule has 0 spiro atoms. The average molecular weight is 392 g/mol. The highest BCUT2D eigenvalue weighted by Gasteiger charge is 2.24. The zero-order valence-corrected chi connectivity index (χ0v) is 16.3. The second kappa shape index (κ2) is 7.54. The molecular weight excluding hydrogens is 371 g/mol. The molecule has 29 heavy (non-hydrogen) atoms. The summed E-state index contributed by atoms with van der Waals surface area (Å²) in [6, 6.07) is 14.8. The Hall–Kier alpha value is -3.41. The van der Waals surface area contributed by atoms with Crippen molar-refractivity contribution >= 4 is 33.5 Å². The molecule has 2 aromatic heterocycles. The van der Waals surface area contributed by atoms with Gasteiger partial charge in [0.2, 0.25) is 0 Å². The van der Waals surface area contributed by atoms with Gasteiger partial charge in [-0.3, -0.25) is 4.79 Å². The highest BCUT2D eigenvalue weighted by molar-refractivity contribution is 6.11. The van der Waals surface area contributed by atoms with E-state index in [1.165, 1.54) is 12.1 Å². The van der Waals surface area contributed by atoms with Crippen molar-refractivity contribution in [3.8, 4) is 0 Å². The lowest BCUT2D eigenvalue weighted by molar-refractivity contribution is 0.0978. The number of aryl methyl sites for hydroxylation is 1. The molecule has 0 aliphatic heterocycles. The summed E-state index contributed by atoms with van der Waals surface area (Å²) in [5, 5.41) is 1.16. The first kappa shape index (κ1) is 18.9. The maximum atomic E-state index is 13.5. The minimum Gasteiger partial charge on any atom is -0.422 e. The van der Waals surface area contributed by atoms with Crippen LogP contribution in [0.15, 0.2) is 63.8 Å². The molecule has 0 radical (unpaired) electrons. The van der Waals surface area contributed by atoms with E-state index < -0.39 is 5.63 Å². The number of hydrogen-bond donors (Lipinski definition) is 0. The van der Waals surface area contributed by atoms with Crippen LogP contribution in [0.25, 0.3) is 21.9 Å². The Morgan fingerprint density at radius 3 is 2.48 bits per heavy atom. The molecule has 2 heterocycles. The highest BCUT2D eigenvalue weighted by atomic mass is 19.1.